The first kappa shape index (κ1) is 34.5. The summed E-state index contributed by atoms with van der Waals surface area (Å²) in [5, 5.41) is 6.17. The Bertz CT molecular complexity index is 1690. The highest BCUT2D eigenvalue weighted by Crippen LogP contribution is 2.27. The average Bonchev–Trinajstić information content (AvgIpc) is 3.37. The van der Waals surface area contributed by atoms with Gasteiger partial charge in [0, 0.05) is 24.9 Å². The molecule has 5 rings (SSSR count). The summed E-state index contributed by atoms with van der Waals surface area (Å²) >= 11 is 0. The van der Waals surface area contributed by atoms with Crippen molar-refractivity contribution in [1.29, 1.82) is 0 Å². The van der Waals surface area contributed by atoms with E-state index in [1.807, 2.05) is 94.4 Å². The summed E-state index contributed by atoms with van der Waals surface area (Å²) in [4.78, 5) is 30.5. The molecule has 9 heteroatoms. The van der Waals surface area contributed by atoms with Crippen LogP contribution in [0.15, 0.2) is 85.1 Å². The summed E-state index contributed by atoms with van der Waals surface area (Å²) in [6.07, 6.45) is 6.30. The molecule has 0 bridgehead atoms. The molecule has 2 heterocycles. The minimum Gasteiger partial charge on any atom is -0.487 e. The van der Waals surface area contributed by atoms with E-state index in [4.69, 9.17) is 14.5 Å². The third kappa shape index (κ3) is 9.40. The molecule has 0 spiro atoms. The third-order valence-corrected chi connectivity index (χ3v) is 8.21. The summed E-state index contributed by atoms with van der Waals surface area (Å²) in [7, 11) is 0. The van der Waals surface area contributed by atoms with Crippen LogP contribution in [-0.2, 0) is 17.6 Å². The molecule has 0 saturated heterocycles. The second-order valence-corrected chi connectivity index (χ2v) is 13.3. The SMILES string of the molecule is CCC(CCCCCNC(=O)OC(C)(C)C)Oc1ccc(CC2Nc3c(Cc4ccccc4)nc(-c4ccccc4)c[n+]3C2=O)cc1F. The minimum atomic E-state index is -0.563. The van der Waals surface area contributed by atoms with Crippen LogP contribution in [0.25, 0.3) is 11.3 Å². The highest BCUT2D eigenvalue weighted by molar-refractivity contribution is 5.82. The van der Waals surface area contributed by atoms with Gasteiger partial charge < -0.3 is 14.8 Å². The monoisotopic (exact) mass is 653 g/mol. The first-order valence-corrected chi connectivity index (χ1v) is 16.9. The molecule has 4 aromatic rings. The number of aromatic nitrogens is 2. The molecule has 2 N–H and O–H groups in total. The van der Waals surface area contributed by atoms with Crippen LogP contribution in [0.5, 0.6) is 5.75 Å². The molecule has 252 valence electrons. The molecular weight excluding hydrogens is 607 g/mol. The number of carbonyl (C=O) groups excluding carboxylic acids is 2. The molecule has 8 nitrogen and oxygen atoms in total. The van der Waals surface area contributed by atoms with Gasteiger partial charge in [-0.25, -0.2) is 19.0 Å². The summed E-state index contributed by atoms with van der Waals surface area (Å²) in [5.74, 6) is 0.329. The summed E-state index contributed by atoms with van der Waals surface area (Å²) in [5.41, 5.74) is 3.70. The van der Waals surface area contributed by atoms with E-state index < -0.39 is 23.6 Å². The van der Waals surface area contributed by atoms with Crippen molar-refractivity contribution in [2.75, 3.05) is 11.9 Å². The van der Waals surface area contributed by atoms with Gasteiger partial charge in [0.1, 0.15) is 23.2 Å². The summed E-state index contributed by atoms with van der Waals surface area (Å²) in [6.45, 7) is 8.08. The maximum Gasteiger partial charge on any atom is 0.407 e. The molecule has 1 aliphatic rings. The first-order valence-electron chi connectivity index (χ1n) is 16.9. The molecule has 0 aliphatic carbocycles. The standard InChI is InChI=1S/C39H45FN4O4/c1-5-30(19-13-8-14-22-41-38(46)48-39(2,3)4)47-35-21-20-28(23-31(35)40)25-33-37(45)44-26-34(29-17-11-7-12-18-29)42-32(36(44)43-33)24-27-15-9-6-10-16-27/h6-7,9-12,15-18,20-21,23,26,30,33H,5,8,13-14,19,22,24-25H2,1-4H3,(H,41,46)/p+1. The third-order valence-electron chi connectivity index (χ3n) is 8.21. The summed E-state index contributed by atoms with van der Waals surface area (Å²) in [6, 6.07) is 24.3. The van der Waals surface area contributed by atoms with Crippen LogP contribution < -0.4 is 19.9 Å². The smallest absolute Gasteiger partial charge is 0.407 e. The van der Waals surface area contributed by atoms with Crippen molar-refractivity contribution >= 4 is 17.8 Å². The predicted octanol–water partition coefficient (Wildman–Crippen LogP) is 7.69. The van der Waals surface area contributed by atoms with Gasteiger partial charge in [0.15, 0.2) is 17.6 Å². The Balaban J connectivity index is 1.19. The molecule has 1 aromatic heterocycles. The van der Waals surface area contributed by atoms with E-state index in [-0.39, 0.29) is 17.8 Å². The van der Waals surface area contributed by atoms with Crippen LogP contribution >= 0.6 is 0 Å². The number of nitrogens with zero attached hydrogens (tertiary/aromatic N) is 2. The van der Waals surface area contributed by atoms with Crippen LogP contribution in [0, 0.1) is 5.82 Å². The highest BCUT2D eigenvalue weighted by atomic mass is 19.1. The van der Waals surface area contributed by atoms with Crippen LogP contribution in [0.2, 0.25) is 0 Å². The lowest BCUT2D eigenvalue weighted by Gasteiger charge is -2.20. The van der Waals surface area contributed by atoms with Gasteiger partial charge in [0.05, 0.1) is 6.10 Å². The molecule has 2 unspecified atom stereocenters. The lowest BCUT2D eigenvalue weighted by atomic mass is 10.0. The van der Waals surface area contributed by atoms with Crippen LogP contribution in [0.1, 0.15) is 81.4 Å². The number of hydrogen-bond donors (Lipinski definition) is 2. The zero-order chi connectivity index (χ0) is 34.1. The van der Waals surface area contributed by atoms with Crippen molar-refractivity contribution in [2.45, 2.75) is 90.4 Å². The van der Waals surface area contributed by atoms with E-state index >= 15 is 4.39 Å². The highest BCUT2D eigenvalue weighted by Gasteiger charge is 2.41. The quantitative estimate of drug-likeness (QED) is 0.107. The number of ether oxygens (including phenoxy) is 2. The lowest BCUT2D eigenvalue weighted by molar-refractivity contribution is -0.552. The maximum atomic E-state index is 15.3. The summed E-state index contributed by atoms with van der Waals surface area (Å²) < 4.78 is 28.3. The zero-order valence-corrected chi connectivity index (χ0v) is 28.3. The van der Waals surface area contributed by atoms with E-state index in [1.165, 1.54) is 6.07 Å². The van der Waals surface area contributed by atoms with Crippen LogP contribution in [0.3, 0.4) is 0 Å². The number of hydrogen-bond acceptors (Lipinski definition) is 6. The topological polar surface area (TPSA) is 93.4 Å². The van der Waals surface area contributed by atoms with Gasteiger partial charge in [-0.1, -0.05) is 80.1 Å². The van der Waals surface area contributed by atoms with E-state index in [0.29, 0.717) is 30.8 Å². The molecule has 3 aromatic carbocycles. The molecule has 0 radical (unpaired) electrons. The van der Waals surface area contributed by atoms with Crippen molar-refractivity contribution in [3.05, 3.63) is 108 Å². The van der Waals surface area contributed by atoms with Crippen molar-refractivity contribution in [3.63, 3.8) is 0 Å². The number of rotatable bonds is 14. The first-order chi connectivity index (χ1) is 23.1. The number of anilines is 1. The van der Waals surface area contributed by atoms with E-state index in [9.17, 15) is 9.59 Å². The Labute approximate surface area is 282 Å². The molecule has 48 heavy (non-hydrogen) atoms. The maximum absolute atomic E-state index is 15.3. The minimum absolute atomic E-state index is 0.105. The number of unbranched alkanes of at least 4 members (excludes halogenated alkanes) is 2. The number of halogens is 1. The van der Waals surface area contributed by atoms with Gasteiger partial charge in [0.2, 0.25) is 0 Å². The van der Waals surface area contributed by atoms with Crippen molar-refractivity contribution in [3.8, 4) is 17.0 Å². The van der Waals surface area contributed by atoms with E-state index in [1.54, 1.807) is 16.8 Å². The lowest BCUT2D eigenvalue weighted by Crippen LogP contribution is -2.44. The Kier molecular flexibility index (Phi) is 11.4. The van der Waals surface area contributed by atoms with Crippen molar-refractivity contribution < 1.29 is 28.0 Å². The number of nitrogens with one attached hydrogen (secondary N) is 2. The Morgan fingerprint density at radius 1 is 1.00 bits per heavy atom. The number of benzene rings is 3. The molecule has 0 saturated carbocycles. The number of alkyl carbamates (subject to hydrolysis) is 1. The molecule has 2 atom stereocenters. The fourth-order valence-electron chi connectivity index (χ4n) is 5.78. The van der Waals surface area contributed by atoms with Gasteiger partial charge in [0.25, 0.3) is 0 Å². The van der Waals surface area contributed by atoms with Gasteiger partial charge in [-0.15, -0.1) is 0 Å². The normalized spacial score (nSPS) is 14.6. The molecule has 1 aliphatic heterocycles. The number of amides is 1. The predicted molar refractivity (Wildman–Crippen MR) is 185 cm³/mol. The second-order valence-electron chi connectivity index (χ2n) is 13.3. The van der Waals surface area contributed by atoms with Crippen LogP contribution in [-0.4, -0.2) is 41.3 Å². The zero-order valence-electron chi connectivity index (χ0n) is 28.3. The van der Waals surface area contributed by atoms with Gasteiger partial charge >= 0.3 is 17.8 Å². The Morgan fingerprint density at radius 3 is 2.42 bits per heavy atom. The van der Waals surface area contributed by atoms with Crippen LogP contribution in [0.4, 0.5) is 15.0 Å². The Morgan fingerprint density at radius 2 is 1.73 bits per heavy atom. The van der Waals surface area contributed by atoms with Crippen molar-refractivity contribution in [1.82, 2.24) is 10.3 Å². The van der Waals surface area contributed by atoms with E-state index in [0.717, 1.165) is 54.6 Å². The largest absolute Gasteiger partial charge is 0.487 e. The number of carbonyl (C=O) groups is 2. The van der Waals surface area contributed by atoms with Gasteiger partial charge in [-0.05, 0) is 69.7 Å². The fourth-order valence-corrected chi connectivity index (χ4v) is 5.78. The molecular formula is C39H46FN4O4+. The van der Waals surface area contributed by atoms with Gasteiger partial charge in [-0.3, -0.25) is 5.32 Å². The van der Waals surface area contributed by atoms with E-state index in [2.05, 4.69) is 10.6 Å². The molecule has 1 amide bonds. The Hall–Kier alpha value is -4.79. The number of fused-ring (bicyclic) bond motifs is 1. The fraction of sp³-hybridized carbons (Fsp3) is 0.385. The van der Waals surface area contributed by atoms with Gasteiger partial charge in [-0.2, -0.15) is 4.57 Å². The second kappa shape index (κ2) is 15.9. The van der Waals surface area contributed by atoms with Crippen molar-refractivity contribution in [2.24, 2.45) is 0 Å². The molecule has 0 fully saturated rings. The average molecular weight is 654 g/mol.